The third-order valence-electron chi connectivity index (χ3n) is 4.74. The van der Waals surface area contributed by atoms with Gasteiger partial charge in [0.05, 0.1) is 16.3 Å². The predicted molar refractivity (Wildman–Crippen MR) is 130 cm³/mol. The summed E-state index contributed by atoms with van der Waals surface area (Å²) in [4.78, 5) is 33.8. The van der Waals surface area contributed by atoms with E-state index in [-0.39, 0.29) is 17.3 Å². The van der Waals surface area contributed by atoms with Crippen LogP contribution in [-0.4, -0.2) is 32.5 Å². The molecule has 2 N–H and O–H groups in total. The van der Waals surface area contributed by atoms with Crippen molar-refractivity contribution in [2.45, 2.75) is 24.1 Å². The van der Waals surface area contributed by atoms with Gasteiger partial charge in [0.1, 0.15) is 27.7 Å². The van der Waals surface area contributed by atoms with Crippen LogP contribution in [0.5, 0.6) is 5.75 Å². The van der Waals surface area contributed by atoms with Crippen molar-refractivity contribution >= 4 is 62.8 Å². The van der Waals surface area contributed by atoms with Crippen molar-refractivity contribution in [1.29, 1.82) is 0 Å². The zero-order valence-electron chi connectivity index (χ0n) is 17.1. The summed E-state index contributed by atoms with van der Waals surface area (Å²) in [6.07, 6.45) is 0.655. The van der Waals surface area contributed by atoms with Gasteiger partial charge in [-0.05, 0) is 49.7 Å². The molecule has 2 aromatic carbocycles. The van der Waals surface area contributed by atoms with Crippen LogP contribution in [0.2, 0.25) is 5.02 Å². The summed E-state index contributed by atoms with van der Waals surface area (Å²) in [5.74, 6) is 0.193. The summed E-state index contributed by atoms with van der Waals surface area (Å²) in [5, 5.41) is 16.5. The van der Waals surface area contributed by atoms with Gasteiger partial charge in [0.15, 0.2) is 0 Å². The SMILES string of the molecule is Cc1nc(SC(C)C(=O)Nc2cc(C=O)ccc2O)c2c(-c3ccc(Cl)cc3)csc2n1. The molecule has 0 aliphatic rings. The first-order valence-electron chi connectivity index (χ1n) is 9.63. The second-order valence-corrected chi connectivity index (χ2v) is 9.68. The number of hydrogen-bond acceptors (Lipinski definition) is 7. The highest BCUT2D eigenvalue weighted by Gasteiger charge is 2.21. The molecule has 0 radical (unpaired) electrons. The Morgan fingerprint density at radius 1 is 1.22 bits per heavy atom. The monoisotopic (exact) mass is 483 g/mol. The highest BCUT2D eigenvalue weighted by molar-refractivity contribution is 8.00. The molecule has 0 aliphatic heterocycles. The van der Waals surface area contributed by atoms with Crippen molar-refractivity contribution in [1.82, 2.24) is 9.97 Å². The number of aryl methyl sites for hydroxylation is 1. The standard InChI is InChI=1S/C23H18ClN3O3S2/c1-12(21(30)27-18-9-14(10-28)3-8-19(18)29)32-23-20-17(15-4-6-16(24)7-5-15)11-31-22(20)25-13(2)26-23/h3-12,29H,1-2H3,(H,27,30). The molecular weight excluding hydrogens is 466 g/mol. The van der Waals surface area contributed by atoms with Gasteiger partial charge in [-0.25, -0.2) is 9.97 Å². The highest BCUT2D eigenvalue weighted by Crippen LogP contribution is 2.40. The van der Waals surface area contributed by atoms with Crippen molar-refractivity contribution in [2.75, 3.05) is 5.32 Å². The van der Waals surface area contributed by atoms with Gasteiger partial charge in [0, 0.05) is 21.5 Å². The minimum absolute atomic E-state index is 0.107. The zero-order chi connectivity index (χ0) is 22.8. The number of carbonyl (C=O) groups excluding carboxylic acids is 2. The van der Waals surface area contributed by atoms with Gasteiger partial charge in [0.2, 0.25) is 5.91 Å². The average Bonchev–Trinajstić information content (AvgIpc) is 3.19. The van der Waals surface area contributed by atoms with E-state index in [9.17, 15) is 14.7 Å². The average molecular weight is 484 g/mol. The van der Waals surface area contributed by atoms with Crippen molar-refractivity contribution in [2.24, 2.45) is 0 Å². The minimum atomic E-state index is -0.523. The summed E-state index contributed by atoms with van der Waals surface area (Å²) in [7, 11) is 0. The van der Waals surface area contributed by atoms with E-state index in [4.69, 9.17) is 11.6 Å². The third-order valence-corrected chi connectivity index (χ3v) is 6.95. The van der Waals surface area contributed by atoms with Gasteiger partial charge in [0.25, 0.3) is 0 Å². The molecule has 2 aromatic heterocycles. The van der Waals surface area contributed by atoms with Gasteiger partial charge in [-0.3, -0.25) is 9.59 Å². The van der Waals surface area contributed by atoms with E-state index in [2.05, 4.69) is 15.3 Å². The smallest absolute Gasteiger partial charge is 0.237 e. The first-order valence-corrected chi connectivity index (χ1v) is 11.8. The van der Waals surface area contributed by atoms with Crippen LogP contribution in [0.3, 0.4) is 0 Å². The van der Waals surface area contributed by atoms with Crippen LogP contribution in [-0.2, 0) is 4.79 Å². The molecule has 2 heterocycles. The summed E-state index contributed by atoms with van der Waals surface area (Å²) in [6.45, 7) is 3.58. The van der Waals surface area contributed by atoms with Crippen molar-refractivity contribution in [3.05, 3.63) is 64.3 Å². The lowest BCUT2D eigenvalue weighted by molar-refractivity contribution is -0.115. The van der Waals surface area contributed by atoms with E-state index in [1.54, 1.807) is 6.92 Å². The maximum atomic E-state index is 12.8. The molecule has 1 atom stereocenters. The Kier molecular flexibility index (Phi) is 6.45. The fourth-order valence-electron chi connectivity index (χ4n) is 3.12. The normalized spacial score (nSPS) is 12.0. The number of benzene rings is 2. The first-order chi connectivity index (χ1) is 15.4. The zero-order valence-corrected chi connectivity index (χ0v) is 19.5. The molecule has 0 saturated heterocycles. The Morgan fingerprint density at radius 3 is 2.69 bits per heavy atom. The molecule has 0 bridgehead atoms. The van der Waals surface area contributed by atoms with Crippen molar-refractivity contribution in [3.8, 4) is 16.9 Å². The number of rotatable bonds is 6. The molecule has 32 heavy (non-hydrogen) atoms. The molecular formula is C23H18ClN3O3S2. The fraction of sp³-hybridized carbons (Fsp3) is 0.130. The van der Waals surface area contributed by atoms with E-state index < -0.39 is 5.25 Å². The van der Waals surface area contributed by atoms with Crippen molar-refractivity contribution < 1.29 is 14.7 Å². The quantitative estimate of drug-likeness (QED) is 0.152. The molecule has 6 nitrogen and oxygen atoms in total. The minimum Gasteiger partial charge on any atom is -0.506 e. The van der Waals surface area contributed by atoms with Gasteiger partial charge >= 0.3 is 0 Å². The molecule has 0 spiro atoms. The topological polar surface area (TPSA) is 92.2 Å². The predicted octanol–water partition coefficient (Wildman–Crippen LogP) is 5.96. The number of fused-ring (bicyclic) bond motifs is 1. The number of thiophene rings is 1. The Balaban J connectivity index is 1.64. The number of carbonyl (C=O) groups is 2. The Morgan fingerprint density at radius 2 is 1.97 bits per heavy atom. The number of aromatic nitrogens is 2. The highest BCUT2D eigenvalue weighted by atomic mass is 35.5. The largest absolute Gasteiger partial charge is 0.506 e. The van der Waals surface area contributed by atoms with Crippen LogP contribution in [0.25, 0.3) is 21.3 Å². The van der Waals surface area contributed by atoms with Crippen LogP contribution in [0, 0.1) is 6.92 Å². The first kappa shape index (κ1) is 22.3. The maximum Gasteiger partial charge on any atom is 0.237 e. The summed E-state index contributed by atoms with van der Waals surface area (Å²) in [6, 6.07) is 11.8. The van der Waals surface area contributed by atoms with Crippen LogP contribution < -0.4 is 5.32 Å². The number of phenolic OH excluding ortho intramolecular Hbond substituents is 1. The second-order valence-electron chi connectivity index (χ2n) is 7.06. The molecule has 0 saturated carbocycles. The van der Waals surface area contributed by atoms with E-state index in [1.807, 2.05) is 36.6 Å². The lowest BCUT2D eigenvalue weighted by Gasteiger charge is -2.14. The number of phenols is 1. The number of anilines is 1. The molecule has 0 aliphatic carbocycles. The summed E-state index contributed by atoms with van der Waals surface area (Å²) >= 11 is 8.87. The molecule has 162 valence electrons. The third kappa shape index (κ3) is 4.62. The van der Waals surface area contributed by atoms with Gasteiger partial charge in [-0.15, -0.1) is 11.3 Å². The lowest BCUT2D eigenvalue weighted by atomic mass is 10.1. The van der Waals surface area contributed by atoms with E-state index >= 15 is 0 Å². The van der Waals surface area contributed by atoms with E-state index in [0.29, 0.717) is 27.7 Å². The Bertz CT molecular complexity index is 1320. The van der Waals surface area contributed by atoms with Crippen LogP contribution in [0.1, 0.15) is 23.1 Å². The Labute approximate surface area is 197 Å². The van der Waals surface area contributed by atoms with Gasteiger partial charge < -0.3 is 10.4 Å². The number of hydrogen-bond donors (Lipinski definition) is 2. The number of nitrogens with zero attached hydrogens (tertiary/aromatic N) is 2. The number of amides is 1. The number of aldehydes is 1. The lowest BCUT2D eigenvalue weighted by Crippen LogP contribution is -2.22. The van der Waals surface area contributed by atoms with Crippen LogP contribution >= 0.6 is 34.7 Å². The molecule has 0 fully saturated rings. The number of aromatic hydroxyl groups is 1. The summed E-state index contributed by atoms with van der Waals surface area (Å²) < 4.78 is 0. The van der Waals surface area contributed by atoms with E-state index in [1.165, 1.54) is 41.3 Å². The van der Waals surface area contributed by atoms with Gasteiger partial charge in [-0.2, -0.15) is 0 Å². The van der Waals surface area contributed by atoms with Crippen LogP contribution in [0.4, 0.5) is 5.69 Å². The fourth-order valence-corrected chi connectivity index (χ4v) is 5.31. The maximum absolute atomic E-state index is 12.8. The number of nitrogens with one attached hydrogen (secondary N) is 1. The molecule has 1 amide bonds. The molecule has 9 heteroatoms. The molecule has 1 unspecified atom stereocenters. The van der Waals surface area contributed by atoms with Gasteiger partial charge in [-0.1, -0.05) is 35.5 Å². The van der Waals surface area contributed by atoms with Crippen LogP contribution in [0.15, 0.2) is 52.9 Å². The second kappa shape index (κ2) is 9.28. The number of thioether (sulfide) groups is 1. The summed E-state index contributed by atoms with van der Waals surface area (Å²) in [5.41, 5.74) is 2.52. The Hall–Kier alpha value is -2.94. The molecule has 4 rings (SSSR count). The number of halogens is 1. The van der Waals surface area contributed by atoms with E-state index in [0.717, 1.165) is 21.3 Å². The van der Waals surface area contributed by atoms with Crippen molar-refractivity contribution in [3.63, 3.8) is 0 Å². The molecule has 4 aromatic rings.